The molecule has 3 heterocycles. The molecular formula is C34H36N2O9S. The van der Waals surface area contributed by atoms with Crippen LogP contribution in [0, 0.1) is 12.8 Å². The molecule has 0 radical (unpaired) electrons. The Hall–Kier alpha value is -4.84. The molecule has 0 saturated carbocycles. The highest BCUT2D eigenvalue weighted by molar-refractivity contribution is 7.17. The molecule has 11 nitrogen and oxygen atoms in total. The fourth-order valence-corrected chi connectivity index (χ4v) is 6.04. The molecule has 1 unspecified atom stereocenters. The van der Waals surface area contributed by atoms with E-state index in [4.69, 9.17) is 23.7 Å². The highest BCUT2D eigenvalue weighted by Crippen LogP contribution is 2.46. The predicted octanol–water partition coefficient (Wildman–Crippen LogP) is 6.02. The first-order valence-electron chi connectivity index (χ1n) is 15.0. The zero-order valence-electron chi connectivity index (χ0n) is 26.2. The summed E-state index contributed by atoms with van der Waals surface area (Å²) in [5.74, 6) is -0.607. The maximum absolute atomic E-state index is 13.8. The topological polar surface area (TPSA) is 134 Å². The first-order valence-corrected chi connectivity index (χ1v) is 15.8. The van der Waals surface area contributed by atoms with E-state index in [2.05, 4.69) is 25.4 Å². The lowest BCUT2D eigenvalue weighted by atomic mass is 9.95. The summed E-state index contributed by atoms with van der Waals surface area (Å²) in [6, 6.07) is 8.78. The minimum Gasteiger partial charge on any atom is -0.507 e. The van der Waals surface area contributed by atoms with Crippen molar-refractivity contribution in [1.82, 2.24) is 4.98 Å². The first kappa shape index (κ1) is 32.6. The van der Waals surface area contributed by atoms with E-state index < -0.39 is 29.5 Å². The van der Waals surface area contributed by atoms with E-state index in [0.29, 0.717) is 66.6 Å². The Morgan fingerprint density at radius 1 is 1.13 bits per heavy atom. The van der Waals surface area contributed by atoms with Crippen LogP contribution in [0.3, 0.4) is 0 Å². The van der Waals surface area contributed by atoms with E-state index in [0.717, 1.165) is 17.8 Å². The number of amides is 1. The van der Waals surface area contributed by atoms with Gasteiger partial charge in [-0.15, -0.1) is 0 Å². The van der Waals surface area contributed by atoms with E-state index in [1.54, 1.807) is 43.3 Å². The highest BCUT2D eigenvalue weighted by atomic mass is 32.1. The third kappa shape index (κ3) is 6.57. The number of anilines is 1. The molecule has 1 saturated heterocycles. The van der Waals surface area contributed by atoms with Crippen molar-refractivity contribution >= 4 is 39.9 Å². The van der Waals surface area contributed by atoms with Crippen molar-refractivity contribution in [2.45, 2.75) is 40.2 Å². The Labute approximate surface area is 271 Å². The second-order valence-electron chi connectivity index (χ2n) is 11.0. The van der Waals surface area contributed by atoms with Gasteiger partial charge in [0, 0.05) is 5.56 Å². The number of hydrogen-bond donors (Lipinski definition) is 1. The van der Waals surface area contributed by atoms with Crippen LogP contribution >= 0.6 is 11.3 Å². The normalized spacial score (nSPS) is 16.9. The number of ether oxygens (including phenoxy) is 5. The van der Waals surface area contributed by atoms with E-state index in [-0.39, 0.29) is 27.8 Å². The Kier molecular flexibility index (Phi) is 9.96. The number of esters is 1. The lowest BCUT2D eigenvalue weighted by molar-refractivity contribution is -0.132. The van der Waals surface area contributed by atoms with E-state index in [1.165, 1.54) is 11.0 Å². The van der Waals surface area contributed by atoms with Crippen LogP contribution in [0.1, 0.15) is 59.7 Å². The number of fused-ring (bicyclic) bond motifs is 1. The highest BCUT2D eigenvalue weighted by Gasteiger charge is 2.49. The Bertz CT molecular complexity index is 1690. The summed E-state index contributed by atoms with van der Waals surface area (Å²) in [7, 11) is 0. The molecule has 1 fully saturated rings. The van der Waals surface area contributed by atoms with Gasteiger partial charge in [0.05, 0.1) is 30.5 Å². The number of aliphatic hydroxyl groups excluding tert-OH is 1. The Balaban J connectivity index is 1.65. The number of carbonyl (C=O) groups is 3. The van der Waals surface area contributed by atoms with Gasteiger partial charge in [-0.1, -0.05) is 43.9 Å². The van der Waals surface area contributed by atoms with Crippen molar-refractivity contribution in [3.8, 4) is 23.0 Å². The molecule has 1 atom stereocenters. The van der Waals surface area contributed by atoms with Crippen LogP contribution in [-0.2, 0) is 14.3 Å². The van der Waals surface area contributed by atoms with Crippen LogP contribution in [-0.4, -0.2) is 60.8 Å². The molecule has 5 rings (SSSR count). The number of benzene rings is 2. The summed E-state index contributed by atoms with van der Waals surface area (Å²) in [5, 5.41) is 11.8. The van der Waals surface area contributed by atoms with E-state index in [9.17, 15) is 19.5 Å². The monoisotopic (exact) mass is 648 g/mol. The maximum atomic E-state index is 13.8. The minimum absolute atomic E-state index is 0.00263. The van der Waals surface area contributed by atoms with Gasteiger partial charge in [0.1, 0.15) is 30.5 Å². The summed E-state index contributed by atoms with van der Waals surface area (Å²) >= 11 is 0.915. The van der Waals surface area contributed by atoms with Gasteiger partial charge in [-0.25, -0.2) is 9.78 Å². The number of carbonyl (C=O) groups excluding carboxylic acids is 3. The van der Waals surface area contributed by atoms with Gasteiger partial charge < -0.3 is 28.8 Å². The lowest BCUT2D eigenvalue weighted by Crippen LogP contribution is -2.29. The number of aliphatic hydroxyl groups is 1. The van der Waals surface area contributed by atoms with Gasteiger partial charge in [-0.2, -0.15) is 0 Å². The van der Waals surface area contributed by atoms with Crippen molar-refractivity contribution in [3.05, 3.63) is 76.3 Å². The maximum Gasteiger partial charge on any atom is 0.350 e. The van der Waals surface area contributed by atoms with Crippen molar-refractivity contribution in [1.29, 1.82) is 0 Å². The molecule has 0 bridgehead atoms. The van der Waals surface area contributed by atoms with E-state index in [1.807, 2.05) is 6.92 Å². The van der Waals surface area contributed by atoms with E-state index >= 15 is 0 Å². The zero-order chi connectivity index (χ0) is 33.0. The predicted molar refractivity (Wildman–Crippen MR) is 172 cm³/mol. The fourth-order valence-electron chi connectivity index (χ4n) is 5.05. The second kappa shape index (κ2) is 14.1. The smallest absolute Gasteiger partial charge is 0.350 e. The molecule has 1 N–H and O–H groups in total. The van der Waals surface area contributed by atoms with Gasteiger partial charge in [-0.05, 0) is 62.1 Å². The van der Waals surface area contributed by atoms with Crippen LogP contribution in [0.15, 0.2) is 54.6 Å². The summed E-state index contributed by atoms with van der Waals surface area (Å²) in [6.07, 6.45) is 2.28. The summed E-state index contributed by atoms with van der Waals surface area (Å²) in [4.78, 5) is 46.2. The number of ketones is 1. The largest absolute Gasteiger partial charge is 0.507 e. The Morgan fingerprint density at radius 2 is 1.89 bits per heavy atom. The molecule has 3 aromatic rings. The van der Waals surface area contributed by atoms with Gasteiger partial charge in [0.15, 0.2) is 28.1 Å². The molecule has 2 aliphatic heterocycles. The standard InChI is InChI=1S/C34H36N2O9S/c1-6-13-45-33(40)31-20(5)35-34(46-31)36-28(21-8-10-23(25(17-21)41-7-2)42-14-12-19(3)4)27(30(38)32(36)39)29(37)22-9-11-24-26(18-22)44-16-15-43-24/h6,8-11,17-19,28,37H,1,7,12-16H2,2-5H3/b29-27+. The SMILES string of the molecule is C=CCOC(=O)c1sc(N2C(=O)C(=O)/C(=C(/O)c3ccc4c(c3)OCCO4)C2c2ccc(OCCC(C)C)c(OCC)c2)nc1C. The lowest BCUT2D eigenvalue weighted by Gasteiger charge is -2.24. The molecule has 0 aliphatic carbocycles. The van der Waals surface area contributed by atoms with Crippen molar-refractivity contribution in [2.75, 3.05) is 37.9 Å². The van der Waals surface area contributed by atoms with Crippen LogP contribution in [0.5, 0.6) is 23.0 Å². The molecule has 0 spiro atoms. The van der Waals surface area contributed by atoms with Crippen molar-refractivity contribution in [3.63, 3.8) is 0 Å². The first-order chi connectivity index (χ1) is 22.1. The summed E-state index contributed by atoms with van der Waals surface area (Å²) < 4.78 is 28.4. The van der Waals surface area contributed by atoms with Gasteiger partial charge in [0.2, 0.25) is 0 Å². The van der Waals surface area contributed by atoms with Crippen molar-refractivity contribution in [2.24, 2.45) is 5.92 Å². The number of thiazole rings is 1. The molecule has 2 aliphatic rings. The molecule has 242 valence electrons. The third-order valence-electron chi connectivity index (χ3n) is 7.31. The summed E-state index contributed by atoms with van der Waals surface area (Å²) in [5.41, 5.74) is 0.878. The molecule has 46 heavy (non-hydrogen) atoms. The number of nitrogens with zero attached hydrogens (tertiary/aromatic N) is 2. The van der Waals surface area contributed by atoms with Crippen LogP contribution in [0.25, 0.3) is 5.76 Å². The van der Waals surface area contributed by atoms with Crippen LogP contribution in [0.2, 0.25) is 0 Å². The number of aromatic nitrogens is 1. The van der Waals surface area contributed by atoms with Crippen molar-refractivity contribution < 1.29 is 43.2 Å². The number of aryl methyl sites for hydroxylation is 1. The van der Waals surface area contributed by atoms with Gasteiger partial charge >= 0.3 is 11.9 Å². The van der Waals surface area contributed by atoms with Crippen LogP contribution < -0.4 is 23.8 Å². The third-order valence-corrected chi connectivity index (χ3v) is 8.44. The zero-order valence-corrected chi connectivity index (χ0v) is 27.0. The quantitative estimate of drug-likeness (QED) is 0.0818. The number of Topliss-reactive ketones (excluding diaryl/α,β-unsaturated/α-hetero) is 1. The van der Waals surface area contributed by atoms with Crippen LogP contribution in [0.4, 0.5) is 5.13 Å². The molecule has 2 aromatic carbocycles. The molecule has 12 heteroatoms. The average Bonchev–Trinajstić information content (AvgIpc) is 3.55. The summed E-state index contributed by atoms with van der Waals surface area (Å²) in [6.45, 7) is 12.7. The van der Waals surface area contributed by atoms with Gasteiger partial charge in [-0.3, -0.25) is 14.5 Å². The molecular weight excluding hydrogens is 612 g/mol. The minimum atomic E-state index is -1.13. The molecule has 1 amide bonds. The second-order valence-corrected chi connectivity index (χ2v) is 12.0. The molecule has 1 aromatic heterocycles. The fraction of sp³-hybridized carbons (Fsp3) is 0.353. The Morgan fingerprint density at radius 3 is 2.61 bits per heavy atom. The number of hydrogen-bond acceptors (Lipinski definition) is 11. The number of rotatable bonds is 12. The average molecular weight is 649 g/mol. The van der Waals surface area contributed by atoms with Gasteiger partial charge in [0.25, 0.3) is 5.78 Å².